The van der Waals surface area contributed by atoms with Gasteiger partial charge in [-0.25, -0.2) is 9.50 Å². The molecule has 3 heterocycles. The molecule has 0 saturated carbocycles. The van der Waals surface area contributed by atoms with Crippen LogP contribution in [0.25, 0.3) is 16.8 Å². The molecule has 0 spiro atoms. The van der Waals surface area contributed by atoms with Crippen molar-refractivity contribution in [3.63, 3.8) is 0 Å². The summed E-state index contributed by atoms with van der Waals surface area (Å²) in [7, 11) is 0. The summed E-state index contributed by atoms with van der Waals surface area (Å²) in [5.41, 5.74) is 3.42. The van der Waals surface area contributed by atoms with E-state index in [1.165, 1.54) is 34.9 Å². The minimum Gasteiger partial charge on any atom is -0.382 e. The average molecular weight is 495 g/mol. The van der Waals surface area contributed by atoms with Crippen molar-refractivity contribution in [1.82, 2.24) is 19.5 Å². The third-order valence-corrected chi connectivity index (χ3v) is 6.22. The Morgan fingerprint density at radius 3 is 2.58 bits per heavy atom. The summed E-state index contributed by atoms with van der Waals surface area (Å²) < 4.78 is 42.3. The minimum atomic E-state index is -4.74. The number of terminal acetylenes is 1. The van der Waals surface area contributed by atoms with Gasteiger partial charge in [-0.3, -0.25) is 14.5 Å². The van der Waals surface area contributed by atoms with Crippen LogP contribution in [0, 0.1) is 23.7 Å². The van der Waals surface area contributed by atoms with E-state index < -0.39 is 34.7 Å². The maximum absolute atomic E-state index is 13.8. The lowest BCUT2D eigenvalue weighted by Gasteiger charge is -2.48. The Morgan fingerprint density at radius 2 is 2.00 bits per heavy atom. The van der Waals surface area contributed by atoms with Crippen LogP contribution < -0.4 is 10.6 Å². The summed E-state index contributed by atoms with van der Waals surface area (Å²) >= 11 is 0. The number of nitrogens with two attached hydrogens (primary N) is 1. The number of nitrogen functional groups attached to an aromatic ring is 1. The summed E-state index contributed by atoms with van der Waals surface area (Å²) in [6.45, 7) is 4.45. The molecule has 2 amide bonds. The highest BCUT2D eigenvalue weighted by molar-refractivity contribution is 6.05. The number of nitriles is 1. The number of carbonyl (C=O) groups is 2. The molecule has 1 aromatic carbocycles. The average Bonchev–Trinajstić information content (AvgIpc) is 3.21. The zero-order valence-electron chi connectivity index (χ0n) is 19.5. The van der Waals surface area contributed by atoms with E-state index >= 15 is 0 Å². The lowest BCUT2D eigenvalue weighted by atomic mass is 9.92. The van der Waals surface area contributed by atoms with Crippen molar-refractivity contribution < 1.29 is 22.8 Å². The number of benzene rings is 1. The maximum atomic E-state index is 13.8. The fourth-order valence-corrected chi connectivity index (χ4v) is 4.44. The van der Waals surface area contributed by atoms with Crippen LogP contribution in [0.2, 0.25) is 0 Å². The van der Waals surface area contributed by atoms with Gasteiger partial charge in [-0.15, -0.1) is 6.42 Å². The van der Waals surface area contributed by atoms with Gasteiger partial charge in [-0.05, 0) is 32.0 Å². The summed E-state index contributed by atoms with van der Waals surface area (Å²) in [4.78, 5) is 32.0. The highest BCUT2D eigenvalue weighted by Gasteiger charge is 2.48. The Kier molecular flexibility index (Phi) is 5.64. The number of nitrogens with zero attached hydrogens (tertiary/aromatic N) is 6. The maximum Gasteiger partial charge on any atom is 0.418 e. The van der Waals surface area contributed by atoms with E-state index in [0.29, 0.717) is 0 Å². The van der Waals surface area contributed by atoms with Crippen LogP contribution in [0.5, 0.6) is 0 Å². The van der Waals surface area contributed by atoms with Crippen molar-refractivity contribution in [2.24, 2.45) is 0 Å². The molecule has 2 N–H and O–H groups in total. The molecule has 4 rings (SSSR count). The van der Waals surface area contributed by atoms with E-state index in [1.54, 1.807) is 13.8 Å². The monoisotopic (exact) mass is 495 g/mol. The van der Waals surface area contributed by atoms with Gasteiger partial charge in [0.1, 0.15) is 29.5 Å². The first kappa shape index (κ1) is 24.5. The van der Waals surface area contributed by atoms with Crippen LogP contribution in [-0.4, -0.2) is 49.4 Å². The molecule has 0 unspecified atom stereocenters. The first-order valence-corrected chi connectivity index (χ1v) is 10.6. The van der Waals surface area contributed by atoms with Gasteiger partial charge in [-0.1, -0.05) is 12.0 Å². The molecule has 9 nitrogen and oxygen atoms in total. The molecular formula is C24H20F3N7O2. The van der Waals surface area contributed by atoms with Gasteiger partial charge >= 0.3 is 6.18 Å². The van der Waals surface area contributed by atoms with Gasteiger partial charge in [0.15, 0.2) is 5.82 Å². The largest absolute Gasteiger partial charge is 0.418 e. The van der Waals surface area contributed by atoms with Gasteiger partial charge in [0.2, 0.25) is 5.91 Å². The molecule has 1 fully saturated rings. The molecule has 36 heavy (non-hydrogen) atoms. The van der Waals surface area contributed by atoms with Crippen molar-refractivity contribution in [2.75, 3.05) is 17.2 Å². The zero-order chi connectivity index (χ0) is 26.6. The molecule has 0 bridgehead atoms. The van der Waals surface area contributed by atoms with Crippen LogP contribution in [0.1, 0.15) is 31.9 Å². The number of carbonyl (C=O) groups excluding carboxylic acids is 2. The van der Waals surface area contributed by atoms with Gasteiger partial charge in [-0.2, -0.15) is 23.5 Å². The van der Waals surface area contributed by atoms with Crippen molar-refractivity contribution in [3.05, 3.63) is 41.7 Å². The van der Waals surface area contributed by atoms with Crippen LogP contribution in [0.3, 0.4) is 0 Å². The first-order valence-electron chi connectivity index (χ1n) is 10.6. The van der Waals surface area contributed by atoms with Crippen molar-refractivity contribution in [3.8, 4) is 29.7 Å². The predicted octanol–water partition coefficient (Wildman–Crippen LogP) is 2.84. The Balaban J connectivity index is 1.95. The molecule has 2 aromatic heterocycles. The van der Waals surface area contributed by atoms with Crippen molar-refractivity contribution in [1.29, 1.82) is 5.26 Å². The highest BCUT2D eigenvalue weighted by atomic mass is 19.4. The second-order valence-electron chi connectivity index (χ2n) is 8.74. The van der Waals surface area contributed by atoms with Crippen LogP contribution in [0.4, 0.5) is 24.7 Å². The number of halogens is 3. The Labute approximate surface area is 203 Å². The van der Waals surface area contributed by atoms with Crippen molar-refractivity contribution >= 4 is 28.8 Å². The summed E-state index contributed by atoms with van der Waals surface area (Å²) in [5.74, 6) is 1.24. The number of fused-ring (bicyclic) bond motifs is 1. The molecule has 0 radical (unpaired) electrons. The number of anilines is 2. The quantitative estimate of drug-likeness (QED) is 0.546. The number of aromatic nitrogens is 3. The van der Waals surface area contributed by atoms with E-state index in [0.717, 1.165) is 16.9 Å². The topological polar surface area (TPSA) is 121 Å². The molecular weight excluding hydrogens is 475 g/mol. The summed E-state index contributed by atoms with van der Waals surface area (Å²) in [6.07, 6.45) is 1.99. The van der Waals surface area contributed by atoms with Gasteiger partial charge in [0.05, 0.1) is 29.1 Å². The van der Waals surface area contributed by atoms with E-state index in [1.807, 2.05) is 6.07 Å². The fourth-order valence-electron chi connectivity index (χ4n) is 4.44. The third kappa shape index (κ3) is 3.67. The fraction of sp³-hybridized carbons (Fsp3) is 0.292. The molecule has 1 aliphatic heterocycles. The normalized spacial score (nSPS) is 17.7. The highest BCUT2D eigenvalue weighted by Crippen LogP contribution is 2.40. The molecule has 184 valence electrons. The SMILES string of the molecule is C#C[C@H]1CN(C(C)=O)C(C)(C)C(=O)N1c1cc(-c2cc(C(F)(F)F)c3c(N)ncnn23)ccc1C#N. The Hall–Kier alpha value is -4.58. The Morgan fingerprint density at radius 1 is 1.31 bits per heavy atom. The second-order valence-corrected chi connectivity index (χ2v) is 8.74. The van der Waals surface area contributed by atoms with Crippen LogP contribution in [0.15, 0.2) is 30.6 Å². The van der Waals surface area contributed by atoms with E-state index in [-0.39, 0.29) is 40.8 Å². The molecule has 12 heteroatoms. The van der Waals surface area contributed by atoms with Gasteiger partial charge in [0.25, 0.3) is 5.91 Å². The van der Waals surface area contributed by atoms with E-state index in [2.05, 4.69) is 16.0 Å². The van der Waals surface area contributed by atoms with E-state index in [4.69, 9.17) is 12.2 Å². The third-order valence-electron chi connectivity index (χ3n) is 6.22. The van der Waals surface area contributed by atoms with Gasteiger partial charge in [0, 0.05) is 12.5 Å². The molecule has 0 aliphatic carbocycles. The second kappa shape index (κ2) is 8.27. The lowest BCUT2D eigenvalue weighted by Crippen LogP contribution is -2.68. The Bertz CT molecular complexity index is 1490. The standard InChI is InChI=1S/C24H20F3N7O2/c1-5-16-11-32(13(2)35)23(3,4)22(36)33(16)18-8-14(6-7-15(18)10-28)19-9-17(24(25,26)27)20-21(29)30-12-31-34(19)20/h1,6-9,12,16H,11H2,2-4H3,(H2,29,30,31)/t16-/m0/s1. The first-order chi connectivity index (χ1) is 16.8. The number of hydrogen-bond donors (Lipinski definition) is 1. The number of piperazine rings is 1. The number of hydrogen-bond acceptors (Lipinski definition) is 6. The molecule has 1 atom stereocenters. The van der Waals surface area contributed by atoms with Crippen LogP contribution in [-0.2, 0) is 15.8 Å². The minimum absolute atomic E-state index is 0.00963. The van der Waals surface area contributed by atoms with E-state index in [9.17, 15) is 28.0 Å². The van der Waals surface area contributed by atoms with Crippen molar-refractivity contribution in [2.45, 2.75) is 38.5 Å². The lowest BCUT2D eigenvalue weighted by molar-refractivity contribution is -0.146. The number of amides is 2. The predicted molar refractivity (Wildman–Crippen MR) is 124 cm³/mol. The van der Waals surface area contributed by atoms with Gasteiger partial charge < -0.3 is 10.6 Å². The molecule has 1 aliphatic rings. The van der Waals surface area contributed by atoms with Crippen LogP contribution >= 0.6 is 0 Å². The smallest absolute Gasteiger partial charge is 0.382 e. The zero-order valence-corrected chi connectivity index (χ0v) is 19.5. The number of rotatable bonds is 2. The molecule has 1 saturated heterocycles. The summed E-state index contributed by atoms with van der Waals surface area (Å²) in [6, 6.07) is 6.19. The number of alkyl halides is 3. The molecule has 3 aromatic rings. The summed E-state index contributed by atoms with van der Waals surface area (Å²) in [5, 5.41) is 13.7.